The molecule has 1 atom stereocenters. The van der Waals surface area contributed by atoms with Gasteiger partial charge in [0.2, 0.25) is 0 Å². The van der Waals surface area contributed by atoms with E-state index in [9.17, 15) is 9.90 Å². The highest BCUT2D eigenvalue weighted by atomic mass is 35.5. The van der Waals surface area contributed by atoms with Crippen LogP contribution in [0.5, 0.6) is 5.75 Å². The monoisotopic (exact) mass is 878 g/mol. The molecule has 12 nitrogen and oxygen atoms in total. The van der Waals surface area contributed by atoms with Crippen molar-refractivity contribution in [2.45, 2.75) is 66.6 Å². The van der Waals surface area contributed by atoms with E-state index in [1.807, 2.05) is 83.2 Å². The first-order chi connectivity index (χ1) is 29.6. The van der Waals surface area contributed by atoms with Crippen molar-refractivity contribution in [2.24, 2.45) is 0 Å². The molecule has 1 saturated heterocycles. The summed E-state index contributed by atoms with van der Waals surface area (Å²) >= 11 is 13.7. The molecular weight excluding hydrogens is 823 g/mol. The number of ether oxygens (including phenoxy) is 1. The molecule has 6 aromatic rings. The predicted octanol–water partition coefficient (Wildman–Crippen LogP) is 8.83. The topological polar surface area (TPSA) is 112 Å². The van der Waals surface area contributed by atoms with Crippen molar-refractivity contribution in [1.82, 2.24) is 33.8 Å². The number of benzene rings is 3. The minimum absolute atomic E-state index is 0.152. The molecule has 8 rings (SSSR count). The average Bonchev–Trinajstić information content (AvgIpc) is 3.76. The molecular formula is C48H56Cl2N8O4. The summed E-state index contributed by atoms with van der Waals surface area (Å²) < 4.78 is 10.6. The molecule has 0 aliphatic carbocycles. The second kappa shape index (κ2) is 17.7. The molecule has 1 amide bonds. The van der Waals surface area contributed by atoms with Gasteiger partial charge in [-0.15, -0.1) is 0 Å². The zero-order valence-corrected chi connectivity index (χ0v) is 38.5. The maximum absolute atomic E-state index is 15.4. The Morgan fingerprint density at radius 3 is 2.29 bits per heavy atom. The summed E-state index contributed by atoms with van der Waals surface area (Å²) in [6, 6.07) is 12.9. The van der Waals surface area contributed by atoms with Gasteiger partial charge in [0.15, 0.2) is 0 Å². The molecule has 2 aliphatic heterocycles. The van der Waals surface area contributed by atoms with Crippen molar-refractivity contribution in [3.05, 3.63) is 104 Å². The lowest BCUT2D eigenvalue weighted by Gasteiger charge is -2.34. The van der Waals surface area contributed by atoms with Crippen LogP contribution in [0.3, 0.4) is 0 Å². The van der Waals surface area contributed by atoms with Crippen LogP contribution in [0.15, 0.2) is 48.7 Å². The number of aromatic carboxylic acids is 1. The Hall–Kier alpha value is -4.98. The number of anilines is 1. The zero-order valence-electron chi connectivity index (χ0n) is 37.0. The number of aryl methyl sites for hydroxylation is 5. The van der Waals surface area contributed by atoms with E-state index in [0.29, 0.717) is 55.5 Å². The van der Waals surface area contributed by atoms with Crippen LogP contribution in [0.2, 0.25) is 10.0 Å². The first-order valence-electron chi connectivity index (χ1n) is 21.4. The van der Waals surface area contributed by atoms with E-state index in [1.54, 1.807) is 12.1 Å². The third-order valence-corrected chi connectivity index (χ3v) is 13.4. The maximum atomic E-state index is 15.4. The number of piperazine rings is 1. The summed E-state index contributed by atoms with van der Waals surface area (Å²) in [4.78, 5) is 46.5. The number of likely N-dealkylation sites (N-methyl/N-ethyl adjacent to an activating group) is 2. The number of hydrogen-bond donors (Lipinski definition) is 1. The highest BCUT2D eigenvalue weighted by molar-refractivity contribution is 6.35. The Kier molecular flexibility index (Phi) is 12.4. The summed E-state index contributed by atoms with van der Waals surface area (Å²) in [7, 11) is 6.19. The molecule has 0 radical (unpaired) electrons. The van der Waals surface area contributed by atoms with Crippen LogP contribution in [0, 0.1) is 27.7 Å². The van der Waals surface area contributed by atoms with Crippen LogP contribution in [0.25, 0.3) is 32.9 Å². The minimum atomic E-state index is -1.02. The van der Waals surface area contributed by atoms with Crippen molar-refractivity contribution in [3.8, 4) is 16.9 Å². The van der Waals surface area contributed by atoms with Crippen LogP contribution in [-0.4, -0.2) is 118 Å². The third kappa shape index (κ3) is 8.31. The number of carbonyl (C=O) groups excluding carboxylic acids is 1. The molecule has 1 N–H and O–H groups in total. The fourth-order valence-corrected chi connectivity index (χ4v) is 9.70. The van der Waals surface area contributed by atoms with Gasteiger partial charge < -0.3 is 33.7 Å². The van der Waals surface area contributed by atoms with Crippen molar-refractivity contribution < 1.29 is 19.4 Å². The fraction of sp³-hybridized carbons (Fsp3) is 0.417. The number of carbonyl (C=O) groups is 2. The predicted molar refractivity (Wildman–Crippen MR) is 249 cm³/mol. The fourth-order valence-electron chi connectivity index (χ4n) is 9.35. The lowest BCUT2D eigenvalue weighted by molar-refractivity contribution is 0.0696. The highest BCUT2D eigenvalue weighted by Gasteiger charge is 2.38. The van der Waals surface area contributed by atoms with Gasteiger partial charge in [0, 0.05) is 96.4 Å². The Morgan fingerprint density at radius 2 is 1.63 bits per heavy atom. The molecule has 3 aromatic carbocycles. The molecule has 0 spiro atoms. The van der Waals surface area contributed by atoms with Crippen LogP contribution < -0.4 is 9.64 Å². The van der Waals surface area contributed by atoms with Crippen LogP contribution in [0.1, 0.15) is 74.1 Å². The second-order valence-electron chi connectivity index (χ2n) is 17.4. The first kappa shape index (κ1) is 43.7. The van der Waals surface area contributed by atoms with Gasteiger partial charge in [-0.25, -0.2) is 14.8 Å². The summed E-state index contributed by atoms with van der Waals surface area (Å²) in [6.07, 6.45) is 3.20. The lowest BCUT2D eigenvalue weighted by Crippen LogP contribution is -2.44. The number of carboxylic acid groups (broad SMARTS) is 1. The summed E-state index contributed by atoms with van der Waals surface area (Å²) in [5.41, 5.74) is 9.41. The van der Waals surface area contributed by atoms with Gasteiger partial charge in [-0.2, -0.15) is 0 Å². The number of fused-ring (bicyclic) bond motifs is 4. The molecule has 1 unspecified atom stereocenters. The summed E-state index contributed by atoms with van der Waals surface area (Å²) in [5.74, 6) is 0.375. The second-order valence-corrected chi connectivity index (χ2v) is 18.2. The van der Waals surface area contributed by atoms with Crippen molar-refractivity contribution >= 4 is 62.6 Å². The number of rotatable bonds is 13. The van der Waals surface area contributed by atoms with E-state index >= 15 is 4.79 Å². The van der Waals surface area contributed by atoms with Crippen LogP contribution >= 0.6 is 23.2 Å². The van der Waals surface area contributed by atoms with Gasteiger partial charge in [-0.1, -0.05) is 29.3 Å². The van der Waals surface area contributed by atoms with Crippen molar-refractivity contribution in [2.75, 3.05) is 71.9 Å². The molecule has 0 saturated carbocycles. The standard InChI is InChI=1S/C48H56Cl2N8O4/c1-28-22-34(23-29(2)44(28)50)62-21-9-10-35-36-12-13-38(49)43(42-31(4)51-41(52-32(42)5)27-55-18-16-54(8)17-19-55)45(36)58-30(3)25-57(47(59)46(35)58)40-26-56(20-15-53(6)7)39-14-11-33(48(60)61)24-37(39)40/h11-14,22-24,26,30H,9-10,15-21,25,27H2,1-8H3,(H,60,61). The summed E-state index contributed by atoms with van der Waals surface area (Å²) in [5, 5.41) is 13.0. The number of halogens is 2. The molecule has 5 heterocycles. The smallest absolute Gasteiger partial charge is 0.335 e. The Morgan fingerprint density at radius 1 is 0.935 bits per heavy atom. The quantitative estimate of drug-likeness (QED) is 0.114. The first-order valence-corrected chi connectivity index (χ1v) is 22.2. The van der Waals surface area contributed by atoms with E-state index in [-0.39, 0.29) is 17.5 Å². The molecule has 326 valence electrons. The van der Waals surface area contributed by atoms with Gasteiger partial charge >= 0.3 is 5.97 Å². The normalized spacial score (nSPS) is 16.3. The number of amides is 1. The van der Waals surface area contributed by atoms with E-state index in [0.717, 1.165) is 110 Å². The Balaban J connectivity index is 1.25. The Labute approximate surface area is 373 Å². The molecule has 0 bridgehead atoms. The van der Waals surface area contributed by atoms with E-state index < -0.39 is 5.97 Å². The van der Waals surface area contributed by atoms with Gasteiger partial charge in [0.25, 0.3) is 5.91 Å². The zero-order chi connectivity index (χ0) is 44.1. The number of aromatic nitrogens is 4. The molecule has 14 heteroatoms. The van der Waals surface area contributed by atoms with Crippen molar-refractivity contribution in [3.63, 3.8) is 0 Å². The van der Waals surface area contributed by atoms with Crippen LogP contribution in [-0.2, 0) is 19.5 Å². The third-order valence-electron chi connectivity index (χ3n) is 12.5. The van der Waals surface area contributed by atoms with Crippen molar-refractivity contribution in [1.29, 1.82) is 0 Å². The average molecular weight is 880 g/mol. The van der Waals surface area contributed by atoms with Gasteiger partial charge in [0.05, 0.1) is 40.5 Å². The minimum Gasteiger partial charge on any atom is -0.494 e. The van der Waals surface area contributed by atoms with E-state index in [4.69, 9.17) is 37.9 Å². The Bertz CT molecular complexity index is 2670. The largest absolute Gasteiger partial charge is 0.494 e. The highest BCUT2D eigenvalue weighted by Crippen LogP contribution is 2.45. The van der Waals surface area contributed by atoms with Gasteiger partial charge in [-0.05, 0) is 122 Å². The SMILES string of the molecule is Cc1cc(OCCCc2c3n(c4c(-c5c(C)nc(CN6CCN(C)CC6)nc5C)c(Cl)ccc24)C(C)CN(c2cn(CCN(C)C)c4ccc(C(=O)O)cc24)C3=O)cc(C)c1Cl. The van der Waals surface area contributed by atoms with Gasteiger partial charge in [-0.3, -0.25) is 9.69 Å². The number of hydrogen-bond acceptors (Lipinski definition) is 8. The molecule has 62 heavy (non-hydrogen) atoms. The molecule has 1 fully saturated rings. The maximum Gasteiger partial charge on any atom is 0.335 e. The van der Waals surface area contributed by atoms with E-state index in [2.05, 4.69) is 37.8 Å². The number of carboxylic acids is 1. The molecule has 3 aromatic heterocycles. The number of nitrogens with zero attached hydrogens (tertiary/aromatic N) is 8. The van der Waals surface area contributed by atoms with E-state index in [1.165, 1.54) is 0 Å². The molecule has 2 aliphatic rings. The van der Waals surface area contributed by atoms with Crippen LogP contribution in [0.4, 0.5) is 5.69 Å². The van der Waals surface area contributed by atoms with Gasteiger partial charge in [0.1, 0.15) is 17.3 Å². The lowest BCUT2D eigenvalue weighted by atomic mass is 9.97. The summed E-state index contributed by atoms with van der Waals surface area (Å²) in [6.45, 7) is 17.0.